The van der Waals surface area contributed by atoms with Gasteiger partial charge in [0.25, 0.3) is 0 Å². The monoisotopic (exact) mass is 196 g/mol. The van der Waals surface area contributed by atoms with Crippen molar-refractivity contribution in [3.05, 3.63) is 72.4 Å². The number of allylic oxidation sites excluding steroid dienone is 12. The second kappa shape index (κ2) is 4.79. The summed E-state index contributed by atoms with van der Waals surface area (Å²) in [5.41, 5.74) is 1.47. The zero-order valence-electron chi connectivity index (χ0n) is 9.01. The SMILES string of the molecule is CC=CC=CC1C=CC=C1C1C=CC=C1. The second-order valence-corrected chi connectivity index (χ2v) is 3.78. The first kappa shape index (κ1) is 9.97. The quantitative estimate of drug-likeness (QED) is 0.599. The zero-order valence-corrected chi connectivity index (χ0v) is 9.01. The van der Waals surface area contributed by atoms with Crippen molar-refractivity contribution < 1.29 is 0 Å². The average molecular weight is 196 g/mol. The Hall–Kier alpha value is -1.56. The summed E-state index contributed by atoms with van der Waals surface area (Å²) in [6, 6.07) is 0. The van der Waals surface area contributed by atoms with Crippen LogP contribution in [0.2, 0.25) is 0 Å². The Labute approximate surface area is 91.7 Å². The maximum Gasteiger partial charge on any atom is 0.0175 e. The van der Waals surface area contributed by atoms with E-state index in [2.05, 4.69) is 60.8 Å². The molecule has 2 rings (SSSR count). The van der Waals surface area contributed by atoms with Gasteiger partial charge in [-0.15, -0.1) is 0 Å². The van der Waals surface area contributed by atoms with E-state index in [1.807, 2.05) is 13.0 Å². The predicted octanol–water partition coefficient (Wildman–Crippen LogP) is 3.97. The normalized spacial score (nSPS) is 25.1. The Balaban J connectivity index is 2.07. The molecule has 2 aliphatic carbocycles. The van der Waals surface area contributed by atoms with E-state index >= 15 is 0 Å². The molecule has 1 unspecified atom stereocenters. The van der Waals surface area contributed by atoms with Gasteiger partial charge in [0.05, 0.1) is 0 Å². The zero-order chi connectivity index (χ0) is 10.5. The summed E-state index contributed by atoms with van der Waals surface area (Å²) < 4.78 is 0. The van der Waals surface area contributed by atoms with Gasteiger partial charge in [-0.3, -0.25) is 0 Å². The third-order valence-corrected chi connectivity index (χ3v) is 2.75. The van der Waals surface area contributed by atoms with Crippen molar-refractivity contribution in [3.63, 3.8) is 0 Å². The number of hydrogen-bond donors (Lipinski definition) is 0. The van der Waals surface area contributed by atoms with Gasteiger partial charge in [-0.05, 0) is 12.5 Å². The third-order valence-electron chi connectivity index (χ3n) is 2.75. The molecule has 0 aliphatic heterocycles. The largest absolute Gasteiger partial charge is 0.0877 e. The van der Waals surface area contributed by atoms with E-state index in [-0.39, 0.29) is 0 Å². The van der Waals surface area contributed by atoms with Crippen LogP contribution in [0.25, 0.3) is 0 Å². The predicted molar refractivity (Wildman–Crippen MR) is 66.4 cm³/mol. The molecule has 2 aliphatic rings. The molecule has 0 N–H and O–H groups in total. The Morgan fingerprint density at radius 2 is 1.80 bits per heavy atom. The van der Waals surface area contributed by atoms with Crippen molar-refractivity contribution in [2.75, 3.05) is 0 Å². The molecule has 76 valence electrons. The first-order valence-corrected chi connectivity index (χ1v) is 5.44. The molecule has 1 atom stereocenters. The third kappa shape index (κ3) is 2.27. The van der Waals surface area contributed by atoms with Gasteiger partial charge < -0.3 is 0 Å². The van der Waals surface area contributed by atoms with Gasteiger partial charge in [0.1, 0.15) is 0 Å². The molecule has 15 heavy (non-hydrogen) atoms. The van der Waals surface area contributed by atoms with Gasteiger partial charge in [-0.2, -0.15) is 0 Å². The number of rotatable bonds is 3. The smallest absolute Gasteiger partial charge is 0.0175 e. The lowest BCUT2D eigenvalue weighted by molar-refractivity contribution is 0.843. The summed E-state index contributed by atoms with van der Waals surface area (Å²) in [4.78, 5) is 0. The van der Waals surface area contributed by atoms with Crippen molar-refractivity contribution in [1.82, 2.24) is 0 Å². The van der Waals surface area contributed by atoms with Crippen molar-refractivity contribution >= 4 is 0 Å². The second-order valence-electron chi connectivity index (χ2n) is 3.78. The van der Waals surface area contributed by atoms with E-state index in [1.54, 1.807) is 0 Å². The van der Waals surface area contributed by atoms with Crippen molar-refractivity contribution in [3.8, 4) is 0 Å². The fourth-order valence-electron chi connectivity index (χ4n) is 1.97. The highest BCUT2D eigenvalue weighted by Crippen LogP contribution is 2.31. The fourth-order valence-corrected chi connectivity index (χ4v) is 1.97. The van der Waals surface area contributed by atoms with Gasteiger partial charge >= 0.3 is 0 Å². The minimum Gasteiger partial charge on any atom is -0.0877 e. The van der Waals surface area contributed by atoms with Crippen LogP contribution in [0.15, 0.2) is 72.4 Å². The van der Waals surface area contributed by atoms with Gasteiger partial charge in [0.2, 0.25) is 0 Å². The Morgan fingerprint density at radius 3 is 2.53 bits per heavy atom. The maximum absolute atomic E-state index is 2.25. The Kier molecular flexibility index (Phi) is 3.18. The average Bonchev–Trinajstić information content (AvgIpc) is 2.87. The fraction of sp³-hybridized carbons (Fsp3) is 0.200. The van der Waals surface area contributed by atoms with Crippen LogP contribution in [-0.2, 0) is 0 Å². The Morgan fingerprint density at radius 1 is 1.00 bits per heavy atom. The van der Waals surface area contributed by atoms with Crippen LogP contribution in [0.3, 0.4) is 0 Å². The molecule has 0 saturated heterocycles. The molecule has 0 aromatic rings. The van der Waals surface area contributed by atoms with Crippen LogP contribution in [-0.4, -0.2) is 0 Å². The van der Waals surface area contributed by atoms with Gasteiger partial charge in [-0.25, -0.2) is 0 Å². The molecule has 0 spiro atoms. The minimum absolute atomic E-state index is 0.471. The van der Waals surface area contributed by atoms with Crippen LogP contribution >= 0.6 is 0 Å². The van der Waals surface area contributed by atoms with E-state index in [0.29, 0.717) is 11.8 Å². The summed E-state index contributed by atoms with van der Waals surface area (Å²) in [5.74, 6) is 0.971. The van der Waals surface area contributed by atoms with E-state index in [1.165, 1.54) is 5.57 Å². The molecule has 0 amide bonds. The summed E-state index contributed by atoms with van der Waals surface area (Å²) in [7, 11) is 0. The molecule has 0 fully saturated rings. The molecule has 0 heterocycles. The van der Waals surface area contributed by atoms with Crippen molar-refractivity contribution in [2.24, 2.45) is 11.8 Å². The highest BCUT2D eigenvalue weighted by molar-refractivity contribution is 5.40. The Bertz CT molecular complexity index is 374. The molecule has 0 aromatic carbocycles. The molecular weight excluding hydrogens is 180 g/mol. The molecular formula is C15H16. The van der Waals surface area contributed by atoms with Crippen molar-refractivity contribution in [1.29, 1.82) is 0 Å². The lowest BCUT2D eigenvalue weighted by Crippen LogP contribution is -2.02. The van der Waals surface area contributed by atoms with Crippen LogP contribution < -0.4 is 0 Å². The van der Waals surface area contributed by atoms with Crippen LogP contribution in [0.5, 0.6) is 0 Å². The highest BCUT2D eigenvalue weighted by Gasteiger charge is 2.18. The first-order valence-electron chi connectivity index (χ1n) is 5.44. The van der Waals surface area contributed by atoms with E-state index in [4.69, 9.17) is 0 Å². The highest BCUT2D eigenvalue weighted by atomic mass is 14.2. The van der Waals surface area contributed by atoms with E-state index < -0.39 is 0 Å². The summed E-state index contributed by atoms with van der Waals surface area (Å²) in [6.45, 7) is 2.04. The standard InChI is InChI=1S/C15H16/c1-2-3-4-8-14-11-7-12-15(14)13-9-5-6-10-13/h2-14H,1H3. The lowest BCUT2D eigenvalue weighted by atomic mass is 9.91. The topological polar surface area (TPSA) is 0 Å². The van der Waals surface area contributed by atoms with Crippen LogP contribution in [0.4, 0.5) is 0 Å². The number of hydrogen-bond acceptors (Lipinski definition) is 0. The molecule has 0 radical (unpaired) electrons. The molecule has 0 saturated carbocycles. The van der Waals surface area contributed by atoms with E-state index in [0.717, 1.165) is 0 Å². The minimum atomic E-state index is 0.471. The molecule has 0 nitrogen and oxygen atoms in total. The first-order chi connectivity index (χ1) is 7.42. The van der Waals surface area contributed by atoms with Gasteiger partial charge in [0, 0.05) is 11.8 Å². The molecule has 0 heteroatoms. The van der Waals surface area contributed by atoms with Crippen LogP contribution in [0.1, 0.15) is 6.92 Å². The molecule has 0 aromatic heterocycles. The lowest BCUT2D eigenvalue weighted by Gasteiger charge is -2.13. The summed E-state index contributed by atoms with van der Waals surface area (Å²) in [5, 5.41) is 0. The summed E-state index contributed by atoms with van der Waals surface area (Å²) in [6.07, 6.45) is 23.9. The molecule has 0 bridgehead atoms. The maximum atomic E-state index is 2.25. The summed E-state index contributed by atoms with van der Waals surface area (Å²) >= 11 is 0. The van der Waals surface area contributed by atoms with Gasteiger partial charge in [-0.1, -0.05) is 66.8 Å². The van der Waals surface area contributed by atoms with Gasteiger partial charge in [0.15, 0.2) is 0 Å². The van der Waals surface area contributed by atoms with Crippen LogP contribution in [0, 0.1) is 11.8 Å². The van der Waals surface area contributed by atoms with E-state index in [9.17, 15) is 0 Å². The van der Waals surface area contributed by atoms with Crippen molar-refractivity contribution in [2.45, 2.75) is 6.92 Å².